The van der Waals surface area contributed by atoms with E-state index in [1.54, 1.807) is 29.3 Å². The van der Waals surface area contributed by atoms with E-state index in [0.29, 0.717) is 24.8 Å². The Morgan fingerprint density at radius 1 is 1.28 bits per heavy atom. The molecule has 0 spiro atoms. The molecule has 1 aromatic rings. The topological polar surface area (TPSA) is 82.7 Å². The molecule has 0 aromatic heterocycles. The van der Waals surface area contributed by atoms with Crippen molar-refractivity contribution in [3.8, 4) is 0 Å². The first-order chi connectivity index (χ1) is 15.4. The van der Waals surface area contributed by atoms with E-state index >= 15 is 0 Å². The van der Waals surface area contributed by atoms with E-state index in [2.05, 4.69) is 15.6 Å². The van der Waals surface area contributed by atoms with Crippen molar-refractivity contribution in [1.82, 2.24) is 10.2 Å². The molecular weight excluding hydrogens is 412 g/mol. The van der Waals surface area contributed by atoms with Crippen molar-refractivity contribution in [2.24, 2.45) is 10.7 Å². The van der Waals surface area contributed by atoms with Crippen LogP contribution in [0.5, 0.6) is 0 Å². The van der Waals surface area contributed by atoms with Crippen LogP contribution in [0.3, 0.4) is 0 Å². The number of amides is 1. The first-order valence-electron chi connectivity index (χ1n) is 10.7. The van der Waals surface area contributed by atoms with E-state index in [1.165, 1.54) is 12.3 Å². The van der Waals surface area contributed by atoms with Gasteiger partial charge in [0.05, 0.1) is 19.1 Å². The van der Waals surface area contributed by atoms with Crippen LogP contribution in [0.25, 0.3) is 0 Å². The second-order valence-corrected chi connectivity index (χ2v) is 8.31. The molecule has 0 radical (unpaired) electrons. The molecule has 1 saturated carbocycles. The van der Waals surface area contributed by atoms with Crippen molar-refractivity contribution in [1.29, 1.82) is 0 Å². The fraction of sp³-hybridized carbons (Fsp3) is 0.333. The van der Waals surface area contributed by atoms with Gasteiger partial charge < -0.3 is 16.4 Å². The number of allylic oxidation sites excluding steroid dienone is 3. The number of nitrogens with one attached hydrogen (secondary N) is 2. The van der Waals surface area contributed by atoms with Gasteiger partial charge in [-0.3, -0.25) is 14.7 Å². The summed E-state index contributed by atoms with van der Waals surface area (Å²) < 4.78 is 25.9. The summed E-state index contributed by atoms with van der Waals surface area (Å²) in [5.74, 6) is -2.82. The number of hydrogen-bond acceptors (Lipinski definition) is 5. The van der Waals surface area contributed by atoms with Gasteiger partial charge in [-0.1, -0.05) is 18.2 Å². The largest absolute Gasteiger partial charge is 0.404 e. The molecular formula is C24H27F2N5O. The zero-order valence-corrected chi connectivity index (χ0v) is 17.7. The lowest BCUT2D eigenvalue weighted by atomic mass is 9.98. The Balaban J connectivity index is 1.35. The number of carbonyl (C=O) groups is 1. The van der Waals surface area contributed by atoms with Crippen LogP contribution in [-0.4, -0.2) is 48.6 Å². The Labute approximate surface area is 186 Å². The molecule has 1 amide bonds. The summed E-state index contributed by atoms with van der Waals surface area (Å²) in [5.41, 5.74) is 10.1. The number of halogens is 2. The van der Waals surface area contributed by atoms with E-state index < -0.39 is 5.92 Å². The quantitative estimate of drug-likeness (QED) is 0.429. The normalized spacial score (nSPS) is 21.1. The minimum absolute atomic E-state index is 0.203. The monoisotopic (exact) mass is 439 g/mol. The zero-order valence-electron chi connectivity index (χ0n) is 17.7. The van der Waals surface area contributed by atoms with Crippen LogP contribution in [-0.2, 0) is 11.3 Å². The van der Waals surface area contributed by atoms with Crippen molar-refractivity contribution < 1.29 is 13.6 Å². The number of likely N-dealkylation sites (tertiary alicyclic amines) is 1. The van der Waals surface area contributed by atoms with Gasteiger partial charge in [0.1, 0.15) is 0 Å². The van der Waals surface area contributed by atoms with Gasteiger partial charge in [-0.15, -0.1) is 0 Å². The second kappa shape index (κ2) is 9.48. The van der Waals surface area contributed by atoms with Gasteiger partial charge >= 0.3 is 0 Å². The van der Waals surface area contributed by atoms with Crippen molar-refractivity contribution in [2.75, 3.05) is 25.0 Å². The van der Waals surface area contributed by atoms with Crippen molar-refractivity contribution in [2.45, 2.75) is 31.4 Å². The van der Waals surface area contributed by atoms with E-state index in [4.69, 9.17) is 5.73 Å². The predicted molar refractivity (Wildman–Crippen MR) is 122 cm³/mol. The van der Waals surface area contributed by atoms with Crippen LogP contribution in [0.1, 0.15) is 18.4 Å². The van der Waals surface area contributed by atoms with Gasteiger partial charge in [0.25, 0.3) is 5.92 Å². The average molecular weight is 440 g/mol. The summed E-state index contributed by atoms with van der Waals surface area (Å²) in [6, 6.07) is 7.63. The Kier molecular flexibility index (Phi) is 6.50. The van der Waals surface area contributed by atoms with Crippen molar-refractivity contribution in [3.63, 3.8) is 0 Å². The fourth-order valence-electron chi connectivity index (χ4n) is 3.59. The van der Waals surface area contributed by atoms with Gasteiger partial charge in [0.15, 0.2) is 0 Å². The molecule has 2 fully saturated rings. The van der Waals surface area contributed by atoms with Crippen LogP contribution in [0, 0.1) is 0 Å². The summed E-state index contributed by atoms with van der Waals surface area (Å²) >= 11 is 0. The van der Waals surface area contributed by atoms with Gasteiger partial charge in [-0.05, 0) is 54.0 Å². The van der Waals surface area contributed by atoms with E-state index in [-0.39, 0.29) is 19.0 Å². The molecule has 168 valence electrons. The minimum atomic E-state index is -2.57. The highest BCUT2D eigenvalue weighted by molar-refractivity contribution is 5.99. The molecule has 4 N–H and O–H groups in total. The molecule has 1 aromatic carbocycles. The summed E-state index contributed by atoms with van der Waals surface area (Å²) in [4.78, 5) is 18.6. The summed E-state index contributed by atoms with van der Waals surface area (Å²) in [5, 5.41) is 5.97. The molecule has 8 heteroatoms. The fourth-order valence-corrected chi connectivity index (χ4v) is 3.59. The molecule has 1 aliphatic carbocycles. The molecule has 32 heavy (non-hydrogen) atoms. The third-order valence-electron chi connectivity index (χ3n) is 5.44. The number of aliphatic imine (C=N–C) groups is 1. The first-order valence-corrected chi connectivity index (χ1v) is 10.7. The molecule has 3 aliphatic rings. The SMILES string of the molecule is NC=C(C=NC1CC1)C1=C(/C=C/C(=O)Nc2ccc(CN3CC(F)(F)C3)cc2)CNC=C1. The van der Waals surface area contributed by atoms with Crippen LogP contribution in [0.15, 0.2) is 76.6 Å². The van der Waals surface area contributed by atoms with Crippen LogP contribution in [0.2, 0.25) is 0 Å². The third-order valence-corrected chi connectivity index (χ3v) is 5.44. The highest BCUT2D eigenvalue weighted by Gasteiger charge is 2.43. The number of nitrogens with zero attached hydrogens (tertiary/aromatic N) is 2. The highest BCUT2D eigenvalue weighted by Crippen LogP contribution is 2.28. The molecule has 6 nitrogen and oxygen atoms in total. The number of carbonyl (C=O) groups excluding carboxylic acids is 1. The van der Waals surface area contributed by atoms with Gasteiger partial charge in [0.2, 0.25) is 5.91 Å². The number of anilines is 1. The van der Waals surface area contributed by atoms with Crippen LogP contribution >= 0.6 is 0 Å². The maximum atomic E-state index is 12.9. The smallest absolute Gasteiger partial charge is 0.272 e. The maximum Gasteiger partial charge on any atom is 0.272 e. The highest BCUT2D eigenvalue weighted by atomic mass is 19.3. The van der Waals surface area contributed by atoms with Gasteiger partial charge in [-0.25, -0.2) is 8.78 Å². The number of nitrogens with two attached hydrogens (primary N) is 1. The van der Waals surface area contributed by atoms with Gasteiger partial charge in [-0.2, -0.15) is 0 Å². The lowest BCUT2D eigenvalue weighted by molar-refractivity contribution is -0.133. The summed E-state index contributed by atoms with van der Waals surface area (Å²) in [6.45, 7) is 0.647. The van der Waals surface area contributed by atoms with E-state index in [1.807, 2.05) is 24.4 Å². The zero-order chi connectivity index (χ0) is 22.6. The van der Waals surface area contributed by atoms with Crippen LogP contribution in [0.4, 0.5) is 14.5 Å². The number of alkyl halides is 2. The Hall–Kier alpha value is -3.26. The molecule has 0 unspecified atom stereocenters. The summed E-state index contributed by atoms with van der Waals surface area (Å²) in [7, 11) is 0. The third kappa shape index (κ3) is 5.91. The summed E-state index contributed by atoms with van der Waals surface area (Å²) in [6.07, 6.45) is 12.6. The molecule has 0 bridgehead atoms. The maximum absolute atomic E-state index is 12.9. The van der Waals surface area contributed by atoms with E-state index in [0.717, 1.165) is 35.1 Å². The average Bonchev–Trinajstić information content (AvgIpc) is 3.58. The minimum Gasteiger partial charge on any atom is -0.404 e. The number of hydrogen-bond donors (Lipinski definition) is 3. The lowest BCUT2D eigenvalue weighted by Gasteiger charge is -2.38. The molecule has 0 atom stereocenters. The molecule has 4 rings (SSSR count). The standard InChI is InChI=1S/C24H27F2N5O/c25-24(26)15-31(16-24)14-17-1-4-21(5-2-17)30-23(32)8-3-18-12-28-10-9-22(18)19(11-27)13-29-20-6-7-20/h1-5,8-11,13,20,28H,6-7,12,14-16,27H2,(H,30,32)/b8-3+,19-11?,29-13?. The second-order valence-electron chi connectivity index (χ2n) is 8.31. The van der Waals surface area contributed by atoms with Crippen molar-refractivity contribution >= 4 is 17.8 Å². The number of benzene rings is 1. The molecule has 2 aliphatic heterocycles. The predicted octanol–water partition coefficient (Wildman–Crippen LogP) is 3.12. The molecule has 1 saturated heterocycles. The number of rotatable bonds is 8. The van der Waals surface area contributed by atoms with Gasteiger partial charge in [0, 0.05) is 42.8 Å². The van der Waals surface area contributed by atoms with E-state index in [9.17, 15) is 13.6 Å². The van der Waals surface area contributed by atoms with Crippen molar-refractivity contribution in [3.05, 3.63) is 77.2 Å². The molecule has 2 heterocycles. The Morgan fingerprint density at radius 3 is 2.69 bits per heavy atom. The first kappa shape index (κ1) is 22.0. The Morgan fingerprint density at radius 2 is 2.03 bits per heavy atom. The number of dihydropyridines is 1. The van der Waals surface area contributed by atoms with Crippen LogP contribution < -0.4 is 16.4 Å². The lowest BCUT2D eigenvalue weighted by Crippen LogP contribution is -2.55. The Bertz CT molecular complexity index is 996.